The molecule has 0 heterocycles. The molecule has 60 valence electrons. The summed E-state index contributed by atoms with van der Waals surface area (Å²) in [7, 11) is 0. The molecule has 0 aliphatic rings. The third-order valence-corrected chi connectivity index (χ3v) is 1.60. The van der Waals surface area contributed by atoms with Gasteiger partial charge in [-0.3, -0.25) is 0 Å². The van der Waals surface area contributed by atoms with E-state index in [1.165, 1.54) is 38.5 Å². The van der Waals surface area contributed by atoms with Crippen molar-refractivity contribution < 1.29 is 26.2 Å². The van der Waals surface area contributed by atoms with Crippen LogP contribution in [0.5, 0.6) is 0 Å². The van der Waals surface area contributed by atoms with Crippen LogP contribution in [0.4, 0.5) is 0 Å². The molecular formula is C9H19Zr-. The van der Waals surface area contributed by atoms with Crippen molar-refractivity contribution >= 4 is 0 Å². The van der Waals surface area contributed by atoms with Gasteiger partial charge in [-0.25, -0.2) is 0 Å². The van der Waals surface area contributed by atoms with E-state index >= 15 is 0 Å². The second-order valence-electron chi connectivity index (χ2n) is 2.61. The second kappa shape index (κ2) is 12.5. The average molecular weight is 218 g/mol. The van der Waals surface area contributed by atoms with E-state index in [1.54, 1.807) is 0 Å². The van der Waals surface area contributed by atoms with Crippen LogP contribution in [-0.4, -0.2) is 0 Å². The molecule has 0 atom stereocenters. The number of unbranched alkanes of at least 4 members (excludes halogenated alkanes) is 6. The van der Waals surface area contributed by atoms with Crippen molar-refractivity contribution in [2.75, 3.05) is 0 Å². The van der Waals surface area contributed by atoms with Crippen molar-refractivity contribution in [2.45, 2.75) is 52.4 Å². The van der Waals surface area contributed by atoms with Gasteiger partial charge in [0.25, 0.3) is 0 Å². The number of hydrogen-bond donors (Lipinski definition) is 0. The maximum Gasteiger partial charge on any atom is 0 e. The maximum absolute atomic E-state index is 2.26. The van der Waals surface area contributed by atoms with Gasteiger partial charge in [0.05, 0.1) is 0 Å². The predicted molar refractivity (Wildman–Crippen MR) is 43.4 cm³/mol. The molecule has 0 bridgehead atoms. The Morgan fingerprint density at radius 2 is 1.60 bits per heavy atom. The molecule has 10 heavy (non-hydrogen) atoms. The molecule has 0 aromatic heterocycles. The van der Waals surface area contributed by atoms with Crippen LogP contribution in [0.25, 0.3) is 0 Å². The summed E-state index contributed by atoms with van der Waals surface area (Å²) in [6.45, 7) is 4.39. The van der Waals surface area contributed by atoms with Crippen molar-refractivity contribution in [1.82, 2.24) is 0 Å². The Bertz CT molecular complexity index is 38.0. The SMILES string of the molecule is C[CH-]CCCCCCC.[Zr]. The van der Waals surface area contributed by atoms with Gasteiger partial charge in [-0.1, -0.05) is 39.0 Å². The van der Waals surface area contributed by atoms with Crippen LogP contribution < -0.4 is 0 Å². The molecule has 0 fully saturated rings. The van der Waals surface area contributed by atoms with Gasteiger partial charge in [0.2, 0.25) is 0 Å². The van der Waals surface area contributed by atoms with Crippen LogP contribution in [0.3, 0.4) is 0 Å². The van der Waals surface area contributed by atoms with Crippen LogP contribution in [0, 0.1) is 6.42 Å². The standard InChI is InChI=1S/C9H19.Zr/c1-3-5-7-9-8-6-4-2;/h3H,4-9H2,1-2H3;/q-1;. The first-order valence-electron chi connectivity index (χ1n) is 4.19. The fourth-order valence-corrected chi connectivity index (χ4v) is 0.952. The second-order valence-corrected chi connectivity index (χ2v) is 2.61. The van der Waals surface area contributed by atoms with E-state index in [4.69, 9.17) is 0 Å². The maximum atomic E-state index is 2.26. The Morgan fingerprint density at radius 1 is 1.00 bits per heavy atom. The van der Waals surface area contributed by atoms with E-state index in [2.05, 4.69) is 20.3 Å². The zero-order valence-corrected chi connectivity index (χ0v) is 9.78. The first-order chi connectivity index (χ1) is 4.41. The van der Waals surface area contributed by atoms with Gasteiger partial charge in [-0.2, -0.15) is 13.3 Å². The van der Waals surface area contributed by atoms with Crippen LogP contribution in [-0.2, 0) is 26.2 Å². The summed E-state index contributed by atoms with van der Waals surface area (Å²) in [4.78, 5) is 0. The van der Waals surface area contributed by atoms with E-state index in [0.29, 0.717) is 0 Å². The van der Waals surface area contributed by atoms with Crippen LogP contribution >= 0.6 is 0 Å². The normalized spacial score (nSPS) is 9.00. The molecule has 0 aromatic carbocycles. The van der Waals surface area contributed by atoms with Crippen molar-refractivity contribution in [3.05, 3.63) is 6.42 Å². The number of hydrogen-bond acceptors (Lipinski definition) is 0. The molecule has 0 unspecified atom stereocenters. The first-order valence-corrected chi connectivity index (χ1v) is 4.19. The van der Waals surface area contributed by atoms with Gasteiger partial charge >= 0.3 is 0 Å². The van der Waals surface area contributed by atoms with Crippen LogP contribution in [0.1, 0.15) is 52.4 Å². The molecule has 0 N–H and O–H groups in total. The van der Waals surface area contributed by atoms with E-state index in [-0.39, 0.29) is 26.2 Å². The summed E-state index contributed by atoms with van der Waals surface area (Å²) in [5, 5.41) is 0. The molecule has 0 radical (unpaired) electrons. The Balaban J connectivity index is 0. The minimum absolute atomic E-state index is 0. The van der Waals surface area contributed by atoms with Gasteiger partial charge in [-0.05, 0) is 0 Å². The molecular weight excluding hydrogens is 199 g/mol. The fourth-order valence-electron chi connectivity index (χ4n) is 0.952. The molecule has 0 aliphatic heterocycles. The minimum atomic E-state index is 0. The third-order valence-electron chi connectivity index (χ3n) is 1.60. The summed E-state index contributed by atoms with van der Waals surface area (Å²) in [5.41, 5.74) is 0. The van der Waals surface area contributed by atoms with E-state index in [0.717, 1.165) is 0 Å². The summed E-state index contributed by atoms with van der Waals surface area (Å²) in [5.74, 6) is 0. The van der Waals surface area contributed by atoms with Gasteiger partial charge in [0, 0.05) is 26.2 Å². The summed E-state index contributed by atoms with van der Waals surface area (Å²) >= 11 is 0. The topological polar surface area (TPSA) is 0 Å². The molecule has 0 nitrogen and oxygen atoms in total. The zero-order chi connectivity index (χ0) is 6.95. The van der Waals surface area contributed by atoms with Crippen molar-refractivity contribution in [3.63, 3.8) is 0 Å². The molecule has 0 aromatic rings. The predicted octanol–water partition coefficient (Wildman–Crippen LogP) is 3.57. The van der Waals surface area contributed by atoms with Gasteiger partial charge < -0.3 is 6.42 Å². The molecule has 0 rings (SSSR count). The molecule has 0 saturated heterocycles. The van der Waals surface area contributed by atoms with Gasteiger partial charge in [0.15, 0.2) is 0 Å². The summed E-state index contributed by atoms with van der Waals surface area (Å²) in [6.07, 6.45) is 10.6. The van der Waals surface area contributed by atoms with Crippen LogP contribution in [0.2, 0.25) is 0 Å². The molecule has 1 heteroatoms. The molecule has 0 spiro atoms. The Labute approximate surface area is 84.9 Å². The van der Waals surface area contributed by atoms with E-state index < -0.39 is 0 Å². The molecule has 0 saturated carbocycles. The van der Waals surface area contributed by atoms with Crippen LogP contribution in [0.15, 0.2) is 0 Å². The van der Waals surface area contributed by atoms with E-state index in [1.807, 2.05) is 0 Å². The van der Waals surface area contributed by atoms with E-state index in [9.17, 15) is 0 Å². The summed E-state index contributed by atoms with van der Waals surface area (Å²) in [6, 6.07) is 0. The van der Waals surface area contributed by atoms with Gasteiger partial charge in [0.1, 0.15) is 0 Å². The van der Waals surface area contributed by atoms with Gasteiger partial charge in [-0.15, -0.1) is 0 Å². The fraction of sp³-hybridized carbons (Fsp3) is 0.889. The monoisotopic (exact) mass is 217 g/mol. The van der Waals surface area contributed by atoms with Crippen molar-refractivity contribution in [3.8, 4) is 0 Å². The smallest absolute Gasteiger partial charge is 0 e. The Morgan fingerprint density at radius 3 is 2.10 bits per heavy atom. The third kappa shape index (κ3) is 11.7. The first kappa shape index (κ1) is 13.5. The van der Waals surface area contributed by atoms with Crippen molar-refractivity contribution in [1.29, 1.82) is 0 Å². The quantitative estimate of drug-likeness (QED) is 0.472. The van der Waals surface area contributed by atoms with Crippen molar-refractivity contribution in [2.24, 2.45) is 0 Å². The summed E-state index contributed by atoms with van der Waals surface area (Å²) < 4.78 is 0. The Hall–Kier alpha value is 0.883. The zero-order valence-electron chi connectivity index (χ0n) is 7.32. The molecule has 0 amide bonds. The molecule has 0 aliphatic carbocycles. The number of rotatable bonds is 6. The Kier molecular flexibility index (Phi) is 16.9. The largest absolute Gasteiger partial charge is 0.332 e. The minimum Gasteiger partial charge on any atom is -0.332 e. The average Bonchev–Trinajstić information content (AvgIpc) is 1.89.